The summed E-state index contributed by atoms with van der Waals surface area (Å²) >= 11 is 7.90. The summed E-state index contributed by atoms with van der Waals surface area (Å²) < 4.78 is 0.942. The fraction of sp³-hybridized carbons (Fsp3) is 0.733. The highest BCUT2D eigenvalue weighted by atomic mass is 35.5. The molecule has 2 rings (SSSR count). The zero-order valence-corrected chi connectivity index (χ0v) is 13.4. The first-order chi connectivity index (χ1) is 8.38. The third kappa shape index (κ3) is 3.28. The molecule has 0 saturated carbocycles. The monoisotopic (exact) mass is 285 g/mol. The number of fused-ring (bicyclic) bond motifs is 1. The molecule has 1 nitrogen and oxygen atoms in total. The van der Waals surface area contributed by atoms with Crippen LogP contribution in [0.15, 0.2) is 6.07 Å². The van der Waals surface area contributed by atoms with Crippen molar-refractivity contribution in [3.8, 4) is 0 Å². The number of rotatable bonds is 3. The highest BCUT2D eigenvalue weighted by molar-refractivity contribution is 7.16. The maximum absolute atomic E-state index is 6.14. The molecule has 0 saturated heterocycles. The molecule has 1 aromatic heterocycles. The molecule has 0 amide bonds. The van der Waals surface area contributed by atoms with Gasteiger partial charge in [0.25, 0.3) is 0 Å². The molecule has 2 unspecified atom stereocenters. The van der Waals surface area contributed by atoms with E-state index < -0.39 is 0 Å². The third-order valence-electron chi connectivity index (χ3n) is 4.23. The van der Waals surface area contributed by atoms with Crippen molar-refractivity contribution >= 4 is 22.9 Å². The predicted octanol–water partition coefficient (Wildman–Crippen LogP) is 5.05. The number of aryl methyl sites for hydroxylation is 1. The molecule has 2 atom stereocenters. The molecule has 1 aromatic rings. The molecule has 3 heteroatoms. The Morgan fingerprint density at radius 2 is 2.22 bits per heavy atom. The van der Waals surface area contributed by atoms with Crippen molar-refractivity contribution in [2.24, 2.45) is 11.3 Å². The molecule has 102 valence electrons. The van der Waals surface area contributed by atoms with Crippen LogP contribution in [0.1, 0.15) is 57.0 Å². The van der Waals surface area contributed by atoms with Crippen molar-refractivity contribution in [1.82, 2.24) is 5.32 Å². The van der Waals surface area contributed by atoms with Gasteiger partial charge in [0.2, 0.25) is 0 Å². The Labute approximate surface area is 120 Å². The number of hydrogen-bond donors (Lipinski definition) is 1. The Hall–Kier alpha value is -0.0500. The number of halogens is 1. The summed E-state index contributed by atoms with van der Waals surface area (Å²) in [4.78, 5) is 1.49. The summed E-state index contributed by atoms with van der Waals surface area (Å²) in [7, 11) is 0. The van der Waals surface area contributed by atoms with E-state index in [-0.39, 0.29) is 0 Å². The number of thiophene rings is 1. The molecule has 0 spiro atoms. The number of hydrogen-bond acceptors (Lipinski definition) is 2. The SMILES string of the molecule is CC(CNC1CCCc2sc(Cl)cc21)C(C)(C)C. The van der Waals surface area contributed by atoms with E-state index in [1.165, 1.54) is 29.7 Å². The van der Waals surface area contributed by atoms with E-state index in [9.17, 15) is 0 Å². The Balaban J connectivity index is 1.99. The highest BCUT2D eigenvalue weighted by Gasteiger charge is 2.25. The zero-order valence-electron chi connectivity index (χ0n) is 11.8. The van der Waals surface area contributed by atoms with Crippen molar-refractivity contribution in [2.45, 2.75) is 53.0 Å². The van der Waals surface area contributed by atoms with E-state index in [1.54, 1.807) is 11.3 Å². The second kappa shape index (κ2) is 5.52. The van der Waals surface area contributed by atoms with Gasteiger partial charge >= 0.3 is 0 Å². The molecule has 0 radical (unpaired) electrons. The summed E-state index contributed by atoms with van der Waals surface area (Å²) in [6.07, 6.45) is 3.74. The zero-order chi connectivity index (χ0) is 13.3. The van der Waals surface area contributed by atoms with E-state index in [0.717, 1.165) is 10.9 Å². The fourth-order valence-corrected chi connectivity index (χ4v) is 3.74. The molecule has 1 N–H and O–H groups in total. The highest BCUT2D eigenvalue weighted by Crippen LogP contribution is 2.38. The minimum atomic E-state index is 0.372. The first-order valence-electron chi connectivity index (χ1n) is 6.89. The van der Waals surface area contributed by atoms with Gasteiger partial charge in [-0.25, -0.2) is 0 Å². The largest absolute Gasteiger partial charge is 0.310 e. The van der Waals surface area contributed by atoms with Gasteiger partial charge in [0.1, 0.15) is 0 Å². The standard InChI is InChI=1S/C15H24ClNS/c1-10(15(2,3)4)9-17-12-6-5-7-13-11(12)8-14(16)18-13/h8,10,12,17H,5-7,9H2,1-4H3. The van der Waals surface area contributed by atoms with Gasteiger partial charge in [-0.05, 0) is 48.8 Å². The van der Waals surface area contributed by atoms with Gasteiger partial charge in [-0.15, -0.1) is 11.3 Å². The van der Waals surface area contributed by atoms with Crippen molar-refractivity contribution in [3.63, 3.8) is 0 Å². The smallest absolute Gasteiger partial charge is 0.0934 e. The van der Waals surface area contributed by atoms with Crippen LogP contribution < -0.4 is 5.32 Å². The van der Waals surface area contributed by atoms with Gasteiger partial charge in [0, 0.05) is 10.9 Å². The van der Waals surface area contributed by atoms with Crippen LogP contribution in [0, 0.1) is 11.3 Å². The van der Waals surface area contributed by atoms with Crippen LogP contribution in [0.25, 0.3) is 0 Å². The molecular weight excluding hydrogens is 262 g/mol. The van der Waals surface area contributed by atoms with Crippen LogP contribution in [0.3, 0.4) is 0 Å². The molecule has 0 bridgehead atoms. The van der Waals surface area contributed by atoms with E-state index in [0.29, 0.717) is 17.4 Å². The van der Waals surface area contributed by atoms with Crippen LogP contribution in [-0.2, 0) is 6.42 Å². The average Bonchev–Trinajstić information content (AvgIpc) is 2.65. The second-order valence-electron chi connectivity index (χ2n) is 6.55. The Kier molecular flexibility index (Phi) is 4.40. The Morgan fingerprint density at radius 3 is 2.89 bits per heavy atom. The predicted molar refractivity (Wildman–Crippen MR) is 81.6 cm³/mol. The van der Waals surface area contributed by atoms with Crippen LogP contribution in [0.2, 0.25) is 4.34 Å². The lowest BCUT2D eigenvalue weighted by molar-refractivity contribution is 0.242. The first-order valence-corrected chi connectivity index (χ1v) is 8.09. The summed E-state index contributed by atoms with van der Waals surface area (Å²) in [5, 5.41) is 3.75. The third-order valence-corrected chi connectivity index (χ3v) is 5.57. The minimum absolute atomic E-state index is 0.372. The topological polar surface area (TPSA) is 12.0 Å². The van der Waals surface area contributed by atoms with Gasteiger partial charge in [0.05, 0.1) is 4.34 Å². The Bertz CT molecular complexity index is 405. The maximum atomic E-state index is 6.14. The van der Waals surface area contributed by atoms with Crippen molar-refractivity contribution in [2.75, 3.05) is 6.54 Å². The number of nitrogens with one attached hydrogen (secondary N) is 1. The van der Waals surface area contributed by atoms with Crippen molar-refractivity contribution in [1.29, 1.82) is 0 Å². The molecule has 1 aliphatic rings. The lowest BCUT2D eigenvalue weighted by Crippen LogP contribution is -2.33. The van der Waals surface area contributed by atoms with Crippen LogP contribution >= 0.6 is 22.9 Å². The van der Waals surface area contributed by atoms with Gasteiger partial charge in [0.15, 0.2) is 0 Å². The average molecular weight is 286 g/mol. The van der Waals surface area contributed by atoms with Crippen molar-refractivity contribution in [3.05, 3.63) is 20.8 Å². The van der Waals surface area contributed by atoms with Gasteiger partial charge in [-0.3, -0.25) is 0 Å². The first kappa shape index (κ1) is 14.4. The van der Waals surface area contributed by atoms with E-state index in [2.05, 4.69) is 39.1 Å². The molecule has 18 heavy (non-hydrogen) atoms. The molecule has 0 aromatic carbocycles. The van der Waals surface area contributed by atoms with Crippen LogP contribution in [-0.4, -0.2) is 6.54 Å². The summed E-state index contributed by atoms with van der Waals surface area (Å²) in [6.45, 7) is 10.4. The van der Waals surface area contributed by atoms with Crippen LogP contribution in [0.5, 0.6) is 0 Å². The van der Waals surface area contributed by atoms with E-state index in [4.69, 9.17) is 11.6 Å². The lowest BCUT2D eigenvalue weighted by Gasteiger charge is -2.31. The second-order valence-corrected chi connectivity index (χ2v) is 8.32. The summed E-state index contributed by atoms with van der Waals surface area (Å²) in [6, 6.07) is 2.68. The molecular formula is C15H24ClNS. The minimum Gasteiger partial charge on any atom is -0.310 e. The quantitative estimate of drug-likeness (QED) is 0.819. The fourth-order valence-electron chi connectivity index (χ4n) is 2.36. The van der Waals surface area contributed by atoms with E-state index in [1.807, 2.05) is 0 Å². The summed E-state index contributed by atoms with van der Waals surface area (Å²) in [5.74, 6) is 0.678. The Morgan fingerprint density at radius 1 is 1.50 bits per heavy atom. The van der Waals surface area contributed by atoms with E-state index >= 15 is 0 Å². The van der Waals surface area contributed by atoms with Crippen molar-refractivity contribution < 1.29 is 0 Å². The molecule has 1 aliphatic carbocycles. The molecule has 0 aliphatic heterocycles. The molecule has 1 heterocycles. The van der Waals surface area contributed by atoms with Crippen LogP contribution in [0.4, 0.5) is 0 Å². The normalized spacial score (nSPS) is 21.7. The summed E-state index contributed by atoms with van der Waals surface area (Å²) in [5.41, 5.74) is 1.83. The molecule has 0 fully saturated rings. The lowest BCUT2D eigenvalue weighted by atomic mass is 9.81. The van der Waals surface area contributed by atoms with Gasteiger partial charge < -0.3 is 5.32 Å². The van der Waals surface area contributed by atoms with Gasteiger partial charge in [-0.1, -0.05) is 39.3 Å². The maximum Gasteiger partial charge on any atom is 0.0934 e. The van der Waals surface area contributed by atoms with Gasteiger partial charge in [-0.2, -0.15) is 0 Å².